The van der Waals surface area contributed by atoms with E-state index in [4.69, 9.17) is 14.7 Å². The standard InChI is InChI=1S/C50H55N7O5/c1-4-55(5-2)46(38-11-7-6-8-12-38)49(60)56-27-9-13-44(56)41-30-39(31-51-41)36-19-17-34(18-20-36)35-21-23-37(24-22-35)43-32-52-47(53-43)45-14-10-28-57(45)48(59)42(54-50(61)62-3)29-33-15-25-40(58)26-16-33/h6-8,11-12,15-26,31-32,42,44-46,58H,4-5,9-10,13-14,27-30H2,1-3H3,(H,52,53)(H,54,61)/t42-,44-,45-,46+/m0/s1. The number of nitrogens with zero attached hydrogens (tertiary/aromatic N) is 5. The molecule has 320 valence electrons. The van der Waals surface area contributed by atoms with Crippen LogP contribution in [0.5, 0.6) is 5.75 Å². The number of hydrogen-bond acceptors (Lipinski definition) is 8. The molecule has 2 saturated heterocycles. The maximum absolute atomic E-state index is 14.3. The monoisotopic (exact) mass is 833 g/mol. The lowest BCUT2D eigenvalue weighted by Crippen LogP contribution is -2.49. The zero-order valence-corrected chi connectivity index (χ0v) is 35.7. The summed E-state index contributed by atoms with van der Waals surface area (Å²) in [5.41, 5.74) is 9.21. The number of nitrogens with one attached hydrogen (secondary N) is 2. The molecule has 4 aromatic carbocycles. The summed E-state index contributed by atoms with van der Waals surface area (Å²) >= 11 is 0. The topological polar surface area (TPSA) is 143 Å². The second kappa shape index (κ2) is 19.0. The lowest BCUT2D eigenvalue weighted by atomic mass is 9.96. The van der Waals surface area contributed by atoms with Crippen molar-refractivity contribution in [3.05, 3.63) is 138 Å². The third-order valence-electron chi connectivity index (χ3n) is 12.6. The molecular weight excluding hydrogens is 779 g/mol. The van der Waals surface area contributed by atoms with E-state index >= 15 is 0 Å². The van der Waals surface area contributed by atoms with Crippen molar-refractivity contribution in [3.8, 4) is 28.1 Å². The third-order valence-corrected chi connectivity index (χ3v) is 12.6. The molecule has 0 spiro atoms. The molecule has 62 heavy (non-hydrogen) atoms. The van der Waals surface area contributed by atoms with Gasteiger partial charge in [0.05, 0.1) is 31.1 Å². The molecule has 3 amide bonds. The molecule has 8 rings (SSSR count). The highest BCUT2D eigenvalue weighted by atomic mass is 16.5. The highest BCUT2D eigenvalue weighted by Crippen LogP contribution is 2.35. The number of imidazole rings is 1. The quantitative estimate of drug-likeness (QED) is 0.102. The molecule has 12 heteroatoms. The van der Waals surface area contributed by atoms with Gasteiger partial charge in [-0.05, 0) is 89.9 Å². The minimum Gasteiger partial charge on any atom is -0.508 e. The minimum absolute atomic E-state index is 0.00605. The van der Waals surface area contributed by atoms with Crippen molar-refractivity contribution in [2.24, 2.45) is 4.99 Å². The van der Waals surface area contributed by atoms with Gasteiger partial charge in [-0.25, -0.2) is 9.78 Å². The van der Waals surface area contributed by atoms with Gasteiger partial charge in [0.25, 0.3) is 0 Å². The predicted octanol–water partition coefficient (Wildman–Crippen LogP) is 8.34. The van der Waals surface area contributed by atoms with Crippen molar-refractivity contribution < 1.29 is 24.2 Å². The molecule has 12 nitrogen and oxygen atoms in total. The number of phenolic OH excluding ortho intramolecular Hbond substituents is 1. The van der Waals surface area contributed by atoms with Crippen molar-refractivity contribution in [1.29, 1.82) is 0 Å². The Kier molecular flexibility index (Phi) is 12.9. The van der Waals surface area contributed by atoms with Crippen molar-refractivity contribution in [1.82, 2.24) is 30.0 Å². The number of amides is 3. The number of H-pyrrole nitrogens is 1. The fraction of sp³-hybridized carbons (Fsp3) is 0.340. The molecule has 2 fully saturated rings. The molecule has 0 aliphatic carbocycles. The van der Waals surface area contributed by atoms with E-state index in [0.29, 0.717) is 12.4 Å². The number of methoxy groups -OCH3 is 1. The van der Waals surface area contributed by atoms with Crippen LogP contribution in [0.15, 0.2) is 121 Å². The Bertz CT molecular complexity index is 2410. The number of allylic oxidation sites excluding steroid dienone is 1. The average molecular weight is 834 g/mol. The van der Waals surface area contributed by atoms with Gasteiger partial charge in [-0.1, -0.05) is 105 Å². The summed E-state index contributed by atoms with van der Waals surface area (Å²) in [7, 11) is 1.27. The zero-order chi connectivity index (χ0) is 43.2. The molecule has 0 bridgehead atoms. The van der Waals surface area contributed by atoms with Gasteiger partial charge in [0.15, 0.2) is 0 Å². The van der Waals surface area contributed by atoms with Crippen LogP contribution in [0.4, 0.5) is 4.79 Å². The van der Waals surface area contributed by atoms with E-state index in [2.05, 4.69) is 94.6 Å². The van der Waals surface area contributed by atoms with Crippen molar-refractivity contribution in [2.45, 2.75) is 76.5 Å². The minimum atomic E-state index is -0.847. The Labute approximate surface area is 363 Å². The number of ether oxygens (including phenoxy) is 1. The SMILES string of the molecule is CCN(CC)[C@@H](C(=O)N1CCC[C@H]1C1=NC=C(c2ccc(-c3ccc(-c4cnc([C@@H]5CCCN5C(=O)[C@H](Cc5ccc(O)cc5)NC(=O)OC)[nH]4)cc3)cc2)C1)c1ccccc1. The summed E-state index contributed by atoms with van der Waals surface area (Å²) < 4.78 is 4.83. The van der Waals surface area contributed by atoms with Crippen molar-refractivity contribution >= 4 is 29.2 Å². The number of carbonyl (C=O) groups excluding carboxylic acids is 3. The lowest BCUT2D eigenvalue weighted by molar-refractivity contribution is -0.137. The second-order valence-corrected chi connectivity index (χ2v) is 16.3. The Balaban J connectivity index is 0.897. The number of phenols is 1. The number of aromatic nitrogens is 2. The summed E-state index contributed by atoms with van der Waals surface area (Å²) in [4.78, 5) is 59.7. The molecule has 3 N–H and O–H groups in total. The number of aromatic amines is 1. The van der Waals surface area contributed by atoms with Gasteiger partial charge >= 0.3 is 6.09 Å². The molecule has 4 atom stereocenters. The Morgan fingerprint density at radius 3 is 2.06 bits per heavy atom. The van der Waals surface area contributed by atoms with E-state index in [0.717, 1.165) is 102 Å². The molecule has 1 aromatic heterocycles. The first-order valence-corrected chi connectivity index (χ1v) is 21.8. The van der Waals surface area contributed by atoms with Crippen LogP contribution in [0, 0.1) is 0 Å². The number of aliphatic imine (C=N–C) groups is 1. The average Bonchev–Trinajstić information content (AvgIpc) is 4.16. The van der Waals surface area contributed by atoms with Gasteiger partial charge in [-0.15, -0.1) is 0 Å². The number of likely N-dealkylation sites (N-methyl/N-ethyl adjacent to an activating group) is 1. The predicted molar refractivity (Wildman–Crippen MR) is 241 cm³/mol. The van der Waals surface area contributed by atoms with E-state index in [9.17, 15) is 19.5 Å². The fourth-order valence-corrected chi connectivity index (χ4v) is 9.25. The summed E-state index contributed by atoms with van der Waals surface area (Å²) in [6.45, 7) is 7.13. The fourth-order valence-electron chi connectivity index (χ4n) is 9.25. The number of rotatable bonds is 14. The molecule has 0 unspecified atom stereocenters. The molecular formula is C50H55N7O5. The van der Waals surface area contributed by atoms with Gasteiger partial charge in [0.2, 0.25) is 11.8 Å². The van der Waals surface area contributed by atoms with Gasteiger partial charge in [0.1, 0.15) is 23.7 Å². The van der Waals surface area contributed by atoms with E-state index < -0.39 is 12.1 Å². The molecule has 5 aromatic rings. The summed E-state index contributed by atoms with van der Waals surface area (Å²) in [5.74, 6) is 0.775. The number of likely N-dealkylation sites (tertiary alicyclic amines) is 2. The largest absolute Gasteiger partial charge is 0.508 e. The van der Waals surface area contributed by atoms with Crippen LogP contribution in [0.1, 0.15) is 80.6 Å². The van der Waals surface area contributed by atoms with Crippen molar-refractivity contribution in [3.63, 3.8) is 0 Å². The van der Waals surface area contributed by atoms with Crippen LogP contribution < -0.4 is 5.32 Å². The van der Waals surface area contributed by atoms with E-state index in [-0.39, 0.29) is 42.1 Å². The maximum Gasteiger partial charge on any atom is 0.407 e. The van der Waals surface area contributed by atoms with Crippen LogP contribution in [-0.2, 0) is 20.7 Å². The first-order valence-electron chi connectivity index (χ1n) is 21.8. The number of alkyl carbamates (subject to hydrolysis) is 1. The first-order chi connectivity index (χ1) is 30.2. The van der Waals surface area contributed by atoms with Gasteiger partial charge in [-0.3, -0.25) is 19.5 Å². The van der Waals surface area contributed by atoms with Crippen LogP contribution in [0.25, 0.3) is 28.0 Å². The van der Waals surface area contributed by atoms with E-state index in [1.165, 1.54) is 7.11 Å². The highest BCUT2D eigenvalue weighted by Gasteiger charge is 2.39. The molecule has 3 aliphatic heterocycles. The Hall–Kier alpha value is -6.53. The highest BCUT2D eigenvalue weighted by molar-refractivity contribution is 6.03. The van der Waals surface area contributed by atoms with Gasteiger partial charge < -0.3 is 29.9 Å². The van der Waals surface area contributed by atoms with Crippen molar-refractivity contribution in [2.75, 3.05) is 33.3 Å². The first kappa shape index (κ1) is 42.2. The third kappa shape index (κ3) is 9.06. The molecule has 0 saturated carbocycles. The normalized spacial score (nSPS) is 18.4. The van der Waals surface area contributed by atoms with Crippen LogP contribution in [0.3, 0.4) is 0 Å². The number of benzene rings is 4. The van der Waals surface area contributed by atoms with E-state index in [1.54, 1.807) is 35.4 Å². The van der Waals surface area contributed by atoms with Crippen LogP contribution in [0.2, 0.25) is 0 Å². The summed E-state index contributed by atoms with van der Waals surface area (Å²) in [6, 6.07) is 32.3. The number of hydrogen-bond donors (Lipinski definition) is 3. The Morgan fingerprint density at radius 2 is 1.42 bits per heavy atom. The van der Waals surface area contributed by atoms with Crippen LogP contribution in [-0.4, -0.2) is 98.8 Å². The Morgan fingerprint density at radius 1 is 0.806 bits per heavy atom. The second-order valence-electron chi connectivity index (χ2n) is 16.3. The summed E-state index contributed by atoms with van der Waals surface area (Å²) in [6.07, 6.45) is 7.54. The lowest BCUT2D eigenvalue weighted by Gasteiger charge is -2.35. The number of aromatic hydroxyl groups is 1. The zero-order valence-electron chi connectivity index (χ0n) is 35.7. The summed E-state index contributed by atoms with van der Waals surface area (Å²) in [5, 5.41) is 12.4. The van der Waals surface area contributed by atoms with E-state index in [1.807, 2.05) is 24.4 Å². The molecule has 4 heterocycles. The van der Waals surface area contributed by atoms with Crippen LogP contribution >= 0.6 is 0 Å². The molecule has 0 radical (unpaired) electrons. The van der Waals surface area contributed by atoms with Gasteiger partial charge in [-0.2, -0.15) is 0 Å². The maximum atomic E-state index is 14.3. The number of carbonyl (C=O) groups is 3. The molecule has 3 aliphatic rings. The van der Waals surface area contributed by atoms with Gasteiger partial charge in [0, 0.05) is 37.8 Å². The smallest absolute Gasteiger partial charge is 0.407 e.